The average molecular weight is 502 g/mol. The number of carbonyl (C=O) groups is 5. The average Bonchev–Trinajstić information content (AvgIpc) is 2.73. The monoisotopic (exact) mass is 501 g/mol. The summed E-state index contributed by atoms with van der Waals surface area (Å²) in [7, 11) is 0. The number of nitrogens with two attached hydrogens (primary N) is 5. The van der Waals surface area contributed by atoms with Gasteiger partial charge in [-0.05, 0) is 25.7 Å². The minimum absolute atomic E-state index is 0.0208. The van der Waals surface area contributed by atoms with Crippen LogP contribution in [0.2, 0.25) is 0 Å². The molecule has 0 radical (unpaired) electrons. The molecule has 0 aromatic rings. The van der Waals surface area contributed by atoms with Crippen LogP contribution in [0, 0.1) is 11.8 Å². The molecule has 0 heterocycles. The zero-order chi connectivity index (χ0) is 28.8. The molecule has 0 aliphatic rings. The van der Waals surface area contributed by atoms with E-state index in [4.69, 9.17) is 48.5 Å². The Kier molecular flexibility index (Phi) is 30.2. The van der Waals surface area contributed by atoms with Crippen molar-refractivity contribution in [2.75, 3.05) is 6.54 Å². The van der Waals surface area contributed by atoms with Crippen LogP contribution in [0.5, 0.6) is 0 Å². The fourth-order valence-corrected chi connectivity index (χ4v) is 0.782. The van der Waals surface area contributed by atoms with Gasteiger partial charge in [-0.3, -0.25) is 24.0 Å². The molecule has 0 amide bonds. The zero-order valence-electron chi connectivity index (χ0n) is 20.5. The predicted octanol–water partition coefficient (Wildman–Crippen LogP) is -1.64. The third-order valence-corrected chi connectivity index (χ3v) is 3.50. The summed E-state index contributed by atoms with van der Waals surface area (Å²) in [6.07, 6.45) is 0.813. The van der Waals surface area contributed by atoms with Gasteiger partial charge in [-0.2, -0.15) is 0 Å². The van der Waals surface area contributed by atoms with Crippen molar-refractivity contribution in [3.63, 3.8) is 0 Å². The first-order chi connectivity index (χ1) is 15.2. The molecular formula is C19H43N5O10. The summed E-state index contributed by atoms with van der Waals surface area (Å²) in [6, 6.07) is -2.88. The highest BCUT2D eigenvalue weighted by atomic mass is 16.4. The number of carboxylic acids is 5. The molecule has 0 saturated carbocycles. The van der Waals surface area contributed by atoms with Gasteiger partial charge < -0.3 is 54.2 Å². The first kappa shape index (κ1) is 41.4. The van der Waals surface area contributed by atoms with E-state index < -0.39 is 54.0 Å². The molecule has 34 heavy (non-hydrogen) atoms. The lowest BCUT2D eigenvalue weighted by Gasteiger charge is -2.11. The van der Waals surface area contributed by atoms with Gasteiger partial charge >= 0.3 is 29.8 Å². The summed E-state index contributed by atoms with van der Waals surface area (Å²) in [6.45, 7) is 9.87. The van der Waals surface area contributed by atoms with Gasteiger partial charge in [0.15, 0.2) is 0 Å². The molecule has 15 N–H and O–H groups in total. The molecule has 15 heteroatoms. The number of rotatable bonds is 8. The van der Waals surface area contributed by atoms with Crippen LogP contribution in [0.15, 0.2) is 0 Å². The second kappa shape index (κ2) is 24.8. The van der Waals surface area contributed by atoms with Gasteiger partial charge in [-0.15, -0.1) is 0 Å². The second-order valence-electron chi connectivity index (χ2n) is 7.21. The van der Waals surface area contributed by atoms with Crippen LogP contribution in [0.1, 0.15) is 48.0 Å². The Balaban J connectivity index is -0.000000105. The van der Waals surface area contributed by atoms with Gasteiger partial charge in [0.05, 0.1) is 6.54 Å². The van der Waals surface area contributed by atoms with E-state index in [0.29, 0.717) is 0 Å². The van der Waals surface area contributed by atoms with Crippen molar-refractivity contribution in [3.05, 3.63) is 0 Å². The molecule has 0 rings (SSSR count). The lowest BCUT2D eigenvalue weighted by Crippen LogP contribution is -2.36. The summed E-state index contributed by atoms with van der Waals surface area (Å²) < 4.78 is 0. The molecule has 0 aliphatic carbocycles. The molecule has 0 fully saturated rings. The summed E-state index contributed by atoms with van der Waals surface area (Å²) in [5.41, 5.74) is 24.7. The Hall–Kier alpha value is -2.85. The van der Waals surface area contributed by atoms with Crippen LogP contribution in [-0.4, -0.2) is 86.1 Å². The molecule has 0 spiro atoms. The van der Waals surface area contributed by atoms with Crippen molar-refractivity contribution in [2.45, 2.75) is 72.1 Å². The number of carboxylic acid groups (broad SMARTS) is 5. The molecule has 15 nitrogen and oxygen atoms in total. The third-order valence-electron chi connectivity index (χ3n) is 3.50. The van der Waals surface area contributed by atoms with Crippen molar-refractivity contribution in [2.24, 2.45) is 40.5 Å². The maximum Gasteiger partial charge on any atom is 0.320 e. The van der Waals surface area contributed by atoms with Crippen LogP contribution >= 0.6 is 0 Å². The van der Waals surface area contributed by atoms with Crippen LogP contribution < -0.4 is 28.7 Å². The molecule has 5 atom stereocenters. The topological polar surface area (TPSA) is 317 Å². The minimum Gasteiger partial charge on any atom is -0.480 e. The summed E-state index contributed by atoms with van der Waals surface area (Å²) >= 11 is 0. The quantitative estimate of drug-likeness (QED) is 0.178. The van der Waals surface area contributed by atoms with Crippen molar-refractivity contribution < 1.29 is 49.5 Å². The molecule has 0 saturated heterocycles. The van der Waals surface area contributed by atoms with Gasteiger partial charge in [0.1, 0.15) is 24.2 Å². The summed E-state index contributed by atoms with van der Waals surface area (Å²) in [5.74, 6) is -4.64. The molecule has 0 bridgehead atoms. The Morgan fingerprint density at radius 3 is 0.882 bits per heavy atom. The van der Waals surface area contributed by atoms with Crippen LogP contribution in [0.25, 0.3) is 0 Å². The maximum absolute atomic E-state index is 10.2. The van der Waals surface area contributed by atoms with E-state index in [2.05, 4.69) is 5.73 Å². The van der Waals surface area contributed by atoms with Crippen LogP contribution in [-0.2, 0) is 24.0 Å². The van der Waals surface area contributed by atoms with Gasteiger partial charge in [0.2, 0.25) is 0 Å². The van der Waals surface area contributed by atoms with E-state index in [1.54, 1.807) is 13.8 Å². The summed E-state index contributed by atoms with van der Waals surface area (Å²) in [5, 5.41) is 39.9. The van der Waals surface area contributed by atoms with E-state index in [1.807, 2.05) is 13.8 Å². The second-order valence-corrected chi connectivity index (χ2v) is 7.21. The molecule has 204 valence electrons. The third kappa shape index (κ3) is 36.5. The maximum atomic E-state index is 10.2. The van der Waals surface area contributed by atoms with Crippen molar-refractivity contribution >= 4 is 29.8 Å². The van der Waals surface area contributed by atoms with Gasteiger partial charge in [0.25, 0.3) is 0 Å². The minimum atomic E-state index is -0.968. The van der Waals surface area contributed by atoms with Crippen molar-refractivity contribution in [3.8, 4) is 0 Å². The Labute approximate surface area is 199 Å². The molecule has 0 aromatic heterocycles. The fourth-order valence-electron chi connectivity index (χ4n) is 0.782. The van der Waals surface area contributed by atoms with Crippen LogP contribution in [0.3, 0.4) is 0 Å². The lowest BCUT2D eigenvalue weighted by molar-refractivity contribution is -0.140. The van der Waals surface area contributed by atoms with E-state index in [1.165, 1.54) is 13.8 Å². The standard InChI is InChI=1S/C6H13NO2.C5H11NO2.2C3H7NO2.C2H5NO2/c1-3-4(2)5(7)6(8)9;1-3(2)4(6)5(7)8;2*1-2(4)3(5)6;3-1-2(4)5/h4-5H,3,7H2,1-2H3,(H,8,9);3-4H,6H2,1-2H3,(H,7,8);2*2H,4H2,1H3,(H,5,6);1,3H2,(H,4,5). The predicted molar refractivity (Wildman–Crippen MR) is 125 cm³/mol. The van der Waals surface area contributed by atoms with Gasteiger partial charge in [-0.1, -0.05) is 34.1 Å². The Morgan fingerprint density at radius 2 is 0.853 bits per heavy atom. The highest BCUT2D eigenvalue weighted by Crippen LogP contribution is 2.04. The number of hydrogen-bond donors (Lipinski definition) is 10. The van der Waals surface area contributed by atoms with Gasteiger partial charge in [0, 0.05) is 0 Å². The number of aliphatic carboxylic acids is 5. The molecule has 0 aliphatic heterocycles. The molecule has 0 aromatic carbocycles. The molecular weight excluding hydrogens is 458 g/mol. The smallest absolute Gasteiger partial charge is 0.320 e. The zero-order valence-corrected chi connectivity index (χ0v) is 20.5. The molecule has 5 unspecified atom stereocenters. The van der Waals surface area contributed by atoms with Crippen molar-refractivity contribution in [1.29, 1.82) is 0 Å². The Bertz CT molecular complexity index is 568. The van der Waals surface area contributed by atoms with E-state index in [-0.39, 0.29) is 18.4 Å². The SMILES string of the molecule is CC(C)C(N)C(=O)O.CC(N)C(=O)O.CC(N)C(=O)O.CCC(C)C(N)C(=O)O.NCC(=O)O. The first-order valence-electron chi connectivity index (χ1n) is 10.1. The fraction of sp³-hybridized carbons (Fsp3) is 0.737. The van der Waals surface area contributed by atoms with E-state index in [9.17, 15) is 24.0 Å². The van der Waals surface area contributed by atoms with Crippen LogP contribution in [0.4, 0.5) is 0 Å². The Morgan fingerprint density at radius 1 is 0.618 bits per heavy atom. The largest absolute Gasteiger partial charge is 0.480 e. The lowest BCUT2D eigenvalue weighted by atomic mass is 10.0. The highest BCUT2D eigenvalue weighted by molar-refractivity contribution is 5.74. The van der Waals surface area contributed by atoms with E-state index >= 15 is 0 Å². The van der Waals surface area contributed by atoms with E-state index in [0.717, 1.165) is 6.42 Å². The highest BCUT2D eigenvalue weighted by Gasteiger charge is 2.17. The number of hydrogen-bond acceptors (Lipinski definition) is 10. The van der Waals surface area contributed by atoms with Gasteiger partial charge in [-0.25, -0.2) is 0 Å². The first-order valence-corrected chi connectivity index (χ1v) is 10.1. The summed E-state index contributed by atoms with van der Waals surface area (Å²) in [4.78, 5) is 48.6. The normalized spacial score (nSPS) is 13.6. The van der Waals surface area contributed by atoms with Crippen molar-refractivity contribution in [1.82, 2.24) is 0 Å².